The summed E-state index contributed by atoms with van der Waals surface area (Å²) in [5, 5.41) is 13.1. The zero-order valence-corrected chi connectivity index (χ0v) is 13.4. The van der Waals surface area contributed by atoms with Crippen LogP contribution in [0, 0.1) is 0 Å². The van der Waals surface area contributed by atoms with Crippen molar-refractivity contribution in [3.8, 4) is 0 Å². The fraction of sp³-hybridized carbons (Fsp3) is 1.00. The third kappa shape index (κ3) is 7.88. The lowest BCUT2D eigenvalue weighted by molar-refractivity contribution is 0.108. The Hall–Kier alpha value is -0.160. The molecule has 0 aliphatic carbocycles. The van der Waals surface area contributed by atoms with Crippen molar-refractivity contribution in [2.45, 2.75) is 52.5 Å². The van der Waals surface area contributed by atoms with E-state index in [4.69, 9.17) is 4.74 Å². The lowest BCUT2D eigenvalue weighted by Gasteiger charge is -2.32. The number of ether oxygens (including phenoxy) is 1. The number of likely N-dealkylation sites (N-methyl/N-ethyl adjacent to an activating group) is 2. The van der Waals surface area contributed by atoms with Crippen LogP contribution in [0.5, 0.6) is 0 Å². The van der Waals surface area contributed by atoms with Crippen molar-refractivity contribution < 1.29 is 9.84 Å². The molecule has 0 heterocycles. The molecule has 0 aromatic heterocycles. The van der Waals surface area contributed by atoms with Crippen molar-refractivity contribution in [3.63, 3.8) is 0 Å². The van der Waals surface area contributed by atoms with E-state index in [0.29, 0.717) is 0 Å². The number of aliphatic hydroxyl groups excluding tert-OH is 1. The van der Waals surface area contributed by atoms with Gasteiger partial charge >= 0.3 is 0 Å². The van der Waals surface area contributed by atoms with E-state index in [9.17, 15) is 5.11 Å². The minimum atomic E-state index is -0.0892. The maximum Gasteiger partial charge on any atom is 0.0613 e. The smallest absolute Gasteiger partial charge is 0.0613 e. The molecule has 4 nitrogen and oxygen atoms in total. The van der Waals surface area contributed by atoms with Crippen LogP contribution in [0.1, 0.15) is 47.0 Å². The Morgan fingerprint density at radius 1 is 1.16 bits per heavy atom. The number of nitrogens with zero attached hydrogens (tertiary/aromatic N) is 1. The summed E-state index contributed by atoms with van der Waals surface area (Å²) >= 11 is 0. The standard InChI is InChI=1S/C15H34N2O2/c1-5-15(14-18,16-6-2)10-9-11-17(7-3)12-13-19-8-4/h16,18H,5-14H2,1-4H3. The maximum absolute atomic E-state index is 9.61. The fourth-order valence-corrected chi connectivity index (χ4v) is 2.42. The van der Waals surface area contributed by atoms with Crippen LogP contribution in [0.15, 0.2) is 0 Å². The SMILES string of the molecule is CCNC(CC)(CO)CCCN(CC)CCOCC. The van der Waals surface area contributed by atoms with Gasteiger partial charge in [-0.3, -0.25) is 0 Å². The first-order valence-electron chi connectivity index (χ1n) is 7.83. The molecule has 0 aromatic rings. The van der Waals surface area contributed by atoms with Crippen LogP contribution in [-0.4, -0.2) is 61.5 Å². The molecule has 1 atom stereocenters. The second kappa shape index (κ2) is 11.6. The normalized spacial score (nSPS) is 14.8. The van der Waals surface area contributed by atoms with Crippen LogP contribution in [0.3, 0.4) is 0 Å². The van der Waals surface area contributed by atoms with Crippen LogP contribution >= 0.6 is 0 Å². The minimum absolute atomic E-state index is 0.0892. The third-order valence-corrected chi connectivity index (χ3v) is 3.86. The Morgan fingerprint density at radius 2 is 1.89 bits per heavy atom. The molecule has 0 rings (SSSR count). The average Bonchev–Trinajstić information content (AvgIpc) is 2.44. The molecule has 0 spiro atoms. The van der Waals surface area contributed by atoms with E-state index in [2.05, 4.69) is 31.0 Å². The molecule has 0 aromatic carbocycles. The number of nitrogens with one attached hydrogen (secondary N) is 1. The van der Waals surface area contributed by atoms with Crippen LogP contribution in [0.25, 0.3) is 0 Å². The summed E-state index contributed by atoms with van der Waals surface area (Å²) < 4.78 is 5.40. The van der Waals surface area contributed by atoms with Crippen molar-refractivity contribution >= 4 is 0 Å². The Balaban J connectivity index is 4.00. The predicted octanol–water partition coefficient (Wildman–Crippen LogP) is 1.88. The van der Waals surface area contributed by atoms with Crippen molar-refractivity contribution in [1.82, 2.24) is 10.2 Å². The summed E-state index contributed by atoms with van der Waals surface area (Å²) in [6, 6.07) is 0. The van der Waals surface area contributed by atoms with E-state index in [1.165, 1.54) is 0 Å². The van der Waals surface area contributed by atoms with Crippen molar-refractivity contribution in [2.75, 3.05) is 46.0 Å². The highest BCUT2D eigenvalue weighted by Gasteiger charge is 2.25. The summed E-state index contributed by atoms with van der Waals surface area (Å²) in [7, 11) is 0. The van der Waals surface area contributed by atoms with Crippen molar-refractivity contribution in [1.29, 1.82) is 0 Å². The largest absolute Gasteiger partial charge is 0.394 e. The van der Waals surface area contributed by atoms with Crippen LogP contribution in [-0.2, 0) is 4.74 Å². The molecular weight excluding hydrogens is 240 g/mol. The van der Waals surface area contributed by atoms with Gasteiger partial charge in [0.05, 0.1) is 13.2 Å². The van der Waals surface area contributed by atoms with Gasteiger partial charge in [-0.2, -0.15) is 0 Å². The fourth-order valence-electron chi connectivity index (χ4n) is 2.42. The quantitative estimate of drug-likeness (QED) is 0.503. The molecule has 116 valence electrons. The van der Waals surface area contributed by atoms with Gasteiger partial charge in [0, 0.05) is 18.7 Å². The number of hydrogen-bond donors (Lipinski definition) is 2. The van der Waals surface area contributed by atoms with Gasteiger partial charge in [0.2, 0.25) is 0 Å². The van der Waals surface area contributed by atoms with Crippen LogP contribution in [0.4, 0.5) is 0 Å². The molecule has 0 radical (unpaired) electrons. The van der Waals surface area contributed by atoms with Gasteiger partial charge in [0.15, 0.2) is 0 Å². The van der Waals surface area contributed by atoms with Gasteiger partial charge in [-0.15, -0.1) is 0 Å². The zero-order valence-electron chi connectivity index (χ0n) is 13.4. The van der Waals surface area contributed by atoms with E-state index in [1.807, 2.05) is 6.92 Å². The summed E-state index contributed by atoms with van der Waals surface area (Å²) in [6.07, 6.45) is 3.11. The van der Waals surface area contributed by atoms with Gasteiger partial charge in [0.1, 0.15) is 0 Å². The Morgan fingerprint density at radius 3 is 2.37 bits per heavy atom. The molecule has 4 heteroatoms. The van der Waals surface area contributed by atoms with E-state index in [0.717, 1.165) is 58.7 Å². The first-order valence-corrected chi connectivity index (χ1v) is 7.83. The summed E-state index contributed by atoms with van der Waals surface area (Å²) in [5.41, 5.74) is -0.0892. The highest BCUT2D eigenvalue weighted by molar-refractivity contribution is 4.85. The Labute approximate surface area is 119 Å². The van der Waals surface area contributed by atoms with Gasteiger partial charge < -0.3 is 20.1 Å². The molecule has 0 fully saturated rings. The molecule has 0 saturated heterocycles. The highest BCUT2D eigenvalue weighted by atomic mass is 16.5. The number of rotatable bonds is 13. The topological polar surface area (TPSA) is 44.7 Å². The van der Waals surface area contributed by atoms with Gasteiger partial charge in [-0.1, -0.05) is 20.8 Å². The van der Waals surface area contributed by atoms with Gasteiger partial charge in [-0.05, 0) is 45.8 Å². The molecule has 0 amide bonds. The van der Waals surface area contributed by atoms with Gasteiger partial charge in [0.25, 0.3) is 0 Å². The highest BCUT2D eigenvalue weighted by Crippen LogP contribution is 2.17. The minimum Gasteiger partial charge on any atom is -0.394 e. The van der Waals surface area contributed by atoms with E-state index >= 15 is 0 Å². The molecule has 0 aliphatic rings. The van der Waals surface area contributed by atoms with Crippen LogP contribution < -0.4 is 5.32 Å². The van der Waals surface area contributed by atoms with E-state index < -0.39 is 0 Å². The molecular formula is C15H34N2O2. The monoisotopic (exact) mass is 274 g/mol. The molecule has 0 bridgehead atoms. The van der Waals surface area contributed by atoms with Crippen molar-refractivity contribution in [2.24, 2.45) is 0 Å². The lowest BCUT2D eigenvalue weighted by Crippen LogP contribution is -2.48. The first-order chi connectivity index (χ1) is 9.17. The second-order valence-corrected chi connectivity index (χ2v) is 5.06. The van der Waals surface area contributed by atoms with Gasteiger partial charge in [-0.25, -0.2) is 0 Å². The Kier molecular flexibility index (Phi) is 11.6. The maximum atomic E-state index is 9.61. The zero-order chi connectivity index (χ0) is 14.6. The molecule has 19 heavy (non-hydrogen) atoms. The van der Waals surface area contributed by atoms with Crippen molar-refractivity contribution in [3.05, 3.63) is 0 Å². The molecule has 2 N–H and O–H groups in total. The Bertz CT molecular complexity index is 197. The second-order valence-electron chi connectivity index (χ2n) is 5.06. The third-order valence-electron chi connectivity index (χ3n) is 3.86. The first kappa shape index (κ1) is 18.8. The summed E-state index contributed by atoms with van der Waals surface area (Å²) in [4.78, 5) is 2.42. The van der Waals surface area contributed by atoms with E-state index in [1.54, 1.807) is 0 Å². The summed E-state index contributed by atoms with van der Waals surface area (Å²) in [6.45, 7) is 14.4. The number of aliphatic hydroxyl groups is 1. The predicted molar refractivity (Wildman–Crippen MR) is 81.6 cm³/mol. The summed E-state index contributed by atoms with van der Waals surface area (Å²) in [5.74, 6) is 0. The average molecular weight is 274 g/mol. The van der Waals surface area contributed by atoms with Crippen LogP contribution in [0.2, 0.25) is 0 Å². The molecule has 0 saturated carbocycles. The van der Waals surface area contributed by atoms with E-state index in [-0.39, 0.29) is 12.1 Å². The number of hydrogen-bond acceptors (Lipinski definition) is 4. The lowest BCUT2D eigenvalue weighted by atomic mass is 9.91. The molecule has 0 aliphatic heterocycles. The molecule has 1 unspecified atom stereocenters.